The Balaban J connectivity index is 1.83. The van der Waals surface area contributed by atoms with Crippen molar-refractivity contribution in [3.63, 3.8) is 0 Å². The van der Waals surface area contributed by atoms with Gasteiger partial charge in [0.05, 0.1) is 29.5 Å². The molecule has 5 nitrogen and oxygen atoms in total. The average molecular weight is 469 g/mol. The number of aryl methyl sites for hydroxylation is 2. The fourth-order valence-corrected chi connectivity index (χ4v) is 4.96. The quantitative estimate of drug-likeness (QED) is 0.246. The van der Waals surface area contributed by atoms with Gasteiger partial charge in [0.2, 0.25) is 0 Å². The topological polar surface area (TPSA) is 44.2 Å². The molecule has 5 rings (SSSR count). The number of hydrogen-bond donors (Lipinski definition) is 0. The van der Waals surface area contributed by atoms with E-state index in [0.717, 1.165) is 44.4 Å². The second-order valence-corrected chi connectivity index (χ2v) is 9.09. The van der Waals surface area contributed by atoms with Gasteiger partial charge in [0.1, 0.15) is 0 Å². The van der Waals surface area contributed by atoms with Crippen LogP contribution in [0.2, 0.25) is 0 Å². The second kappa shape index (κ2) is 8.73. The van der Waals surface area contributed by atoms with Crippen LogP contribution >= 0.6 is 0 Å². The summed E-state index contributed by atoms with van der Waals surface area (Å²) in [5.74, 6) is 2.69. The molecule has 0 saturated heterocycles. The molecular weight excluding hydrogens is 444 g/mol. The molecule has 36 heavy (non-hydrogen) atoms. The normalized spacial score (nSPS) is 12.6. The highest BCUT2D eigenvalue weighted by Gasteiger charge is 2.34. The van der Waals surface area contributed by atoms with Crippen molar-refractivity contribution in [2.24, 2.45) is 14.1 Å². The van der Waals surface area contributed by atoms with Crippen molar-refractivity contribution >= 4 is 16.6 Å². The summed E-state index contributed by atoms with van der Waals surface area (Å²) in [4.78, 5) is 20.8. The lowest BCUT2D eigenvalue weighted by Gasteiger charge is -2.32. The van der Waals surface area contributed by atoms with Gasteiger partial charge < -0.3 is 9.13 Å². The number of terminal acetylenes is 1. The van der Waals surface area contributed by atoms with Crippen molar-refractivity contribution in [1.82, 2.24) is 14.1 Å². The summed E-state index contributed by atoms with van der Waals surface area (Å²) in [7, 11) is 3.77. The zero-order valence-corrected chi connectivity index (χ0v) is 20.4. The fourth-order valence-electron chi connectivity index (χ4n) is 4.96. The summed E-state index contributed by atoms with van der Waals surface area (Å²) in [6.07, 6.45) is 9.33. The molecule has 0 N–H and O–H groups in total. The number of aromatic nitrogens is 3. The summed E-state index contributed by atoms with van der Waals surface area (Å²) in [5.41, 5.74) is 6.37. The molecule has 174 valence electrons. The van der Waals surface area contributed by atoms with Crippen LogP contribution in [0.3, 0.4) is 0 Å². The zero-order chi connectivity index (χ0) is 25.4. The lowest BCUT2D eigenvalue weighted by Crippen LogP contribution is -2.28. The third kappa shape index (κ3) is 3.59. The van der Waals surface area contributed by atoms with Crippen molar-refractivity contribution < 1.29 is 0 Å². The molecule has 0 amide bonds. The van der Waals surface area contributed by atoms with Gasteiger partial charge in [-0.2, -0.15) is 0 Å². The fraction of sp³-hybridized carbons (Fsp3) is 0.129. The van der Waals surface area contributed by atoms with Gasteiger partial charge in [-0.25, -0.2) is 9.83 Å². The second-order valence-electron chi connectivity index (χ2n) is 9.09. The van der Waals surface area contributed by atoms with Gasteiger partial charge in [0.15, 0.2) is 5.69 Å². The van der Waals surface area contributed by atoms with E-state index in [1.165, 1.54) is 0 Å². The SMILES string of the molecule is [C-]#[N+]c1ccc([C@@](C)(c2ccc3c(c2)c(-c2cccc(C#C)c2)cc(=O)n3C)c2cncn2C)cc1. The molecule has 2 aromatic heterocycles. The molecule has 0 fully saturated rings. The number of nitrogens with zero attached hydrogens (tertiary/aromatic N) is 4. The first-order valence-electron chi connectivity index (χ1n) is 11.5. The first-order chi connectivity index (χ1) is 17.4. The maximum Gasteiger partial charge on any atom is 0.251 e. The predicted octanol–water partition coefficient (Wildman–Crippen LogP) is 5.83. The molecule has 0 aliphatic heterocycles. The van der Waals surface area contributed by atoms with Crippen molar-refractivity contribution in [2.45, 2.75) is 12.3 Å². The molecule has 5 aromatic rings. The van der Waals surface area contributed by atoms with Crippen LogP contribution in [0.15, 0.2) is 90.1 Å². The van der Waals surface area contributed by atoms with E-state index in [4.69, 9.17) is 13.0 Å². The summed E-state index contributed by atoms with van der Waals surface area (Å²) < 4.78 is 3.69. The van der Waals surface area contributed by atoms with Crippen LogP contribution in [0.4, 0.5) is 5.69 Å². The van der Waals surface area contributed by atoms with E-state index in [1.54, 1.807) is 24.0 Å². The first kappa shape index (κ1) is 22.9. The van der Waals surface area contributed by atoms with E-state index >= 15 is 0 Å². The molecule has 5 heteroatoms. The highest BCUT2D eigenvalue weighted by atomic mass is 16.1. The maximum atomic E-state index is 12.9. The number of rotatable bonds is 4. The Kier molecular flexibility index (Phi) is 5.55. The first-order valence-corrected chi connectivity index (χ1v) is 11.5. The molecular formula is C31H24N4O. The summed E-state index contributed by atoms with van der Waals surface area (Å²) in [5, 5.41) is 0.954. The van der Waals surface area contributed by atoms with E-state index in [0.29, 0.717) is 5.69 Å². The lowest BCUT2D eigenvalue weighted by molar-refractivity contribution is 0.627. The highest BCUT2D eigenvalue weighted by molar-refractivity contribution is 5.95. The van der Waals surface area contributed by atoms with E-state index in [1.807, 2.05) is 72.4 Å². The van der Waals surface area contributed by atoms with Gasteiger partial charge in [0, 0.05) is 37.3 Å². The van der Waals surface area contributed by atoms with Crippen molar-refractivity contribution in [2.75, 3.05) is 0 Å². The van der Waals surface area contributed by atoms with Gasteiger partial charge in [0.25, 0.3) is 5.56 Å². The number of benzene rings is 3. The Morgan fingerprint density at radius 2 is 1.75 bits per heavy atom. The molecule has 0 bridgehead atoms. The Bertz CT molecular complexity index is 1760. The molecule has 0 aliphatic rings. The maximum absolute atomic E-state index is 12.9. The van der Waals surface area contributed by atoms with Crippen LogP contribution in [-0.2, 0) is 19.5 Å². The third-order valence-corrected chi connectivity index (χ3v) is 7.07. The minimum absolute atomic E-state index is 0.0829. The number of pyridine rings is 1. The zero-order valence-electron chi connectivity index (χ0n) is 20.4. The molecule has 0 saturated carbocycles. The predicted molar refractivity (Wildman–Crippen MR) is 144 cm³/mol. The van der Waals surface area contributed by atoms with Crippen LogP contribution < -0.4 is 5.56 Å². The third-order valence-electron chi connectivity index (χ3n) is 7.07. The minimum atomic E-state index is -0.563. The van der Waals surface area contributed by atoms with E-state index in [-0.39, 0.29) is 5.56 Å². The van der Waals surface area contributed by atoms with Gasteiger partial charge in [-0.15, -0.1) is 6.42 Å². The Hall–Kier alpha value is -4.87. The molecule has 3 aromatic carbocycles. The van der Waals surface area contributed by atoms with Gasteiger partial charge in [-0.3, -0.25) is 4.79 Å². The summed E-state index contributed by atoms with van der Waals surface area (Å²) >= 11 is 0. The minimum Gasteiger partial charge on any atom is -0.337 e. The van der Waals surface area contributed by atoms with E-state index in [9.17, 15) is 4.79 Å². The highest BCUT2D eigenvalue weighted by Crippen LogP contribution is 2.41. The molecule has 0 radical (unpaired) electrons. The molecule has 0 aliphatic carbocycles. The molecule has 0 spiro atoms. The standard InChI is InChI=1S/C31H24N4O/c1-6-21-8-7-9-22(16-21)26-18-30(36)35(5)28-15-12-24(17-27(26)28)31(2,29-19-33-20-34(29)4)23-10-13-25(32-3)14-11-23/h1,7-20H,2,4-5H3/t31-/m0/s1. The number of hydrogen-bond acceptors (Lipinski definition) is 2. The Morgan fingerprint density at radius 3 is 2.42 bits per heavy atom. The van der Waals surface area contributed by atoms with Crippen molar-refractivity contribution in [3.8, 4) is 23.5 Å². The van der Waals surface area contributed by atoms with E-state index in [2.05, 4.69) is 34.8 Å². The average Bonchev–Trinajstić information content (AvgIpc) is 3.36. The van der Waals surface area contributed by atoms with Crippen LogP contribution in [0, 0.1) is 18.9 Å². The van der Waals surface area contributed by atoms with Crippen LogP contribution in [0.25, 0.3) is 26.9 Å². The summed E-state index contributed by atoms with van der Waals surface area (Å²) in [6.45, 7) is 9.51. The number of fused-ring (bicyclic) bond motifs is 1. The van der Waals surface area contributed by atoms with Crippen LogP contribution in [0.5, 0.6) is 0 Å². The van der Waals surface area contributed by atoms with Crippen molar-refractivity contribution in [3.05, 3.63) is 129 Å². The lowest BCUT2D eigenvalue weighted by atomic mass is 9.73. The Morgan fingerprint density at radius 1 is 1.00 bits per heavy atom. The van der Waals surface area contributed by atoms with Crippen LogP contribution in [-0.4, -0.2) is 14.1 Å². The van der Waals surface area contributed by atoms with Gasteiger partial charge >= 0.3 is 0 Å². The molecule has 0 unspecified atom stereocenters. The Labute approximate surface area is 210 Å². The molecule has 2 heterocycles. The monoisotopic (exact) mass is 468 g/mol. The largest absolute Gasteiger partial charge is 0.337 e. The van der Waals surface area contributed by atoms with Gasteiger partial charge in [-0.1, -0.05) is 48.4 Å². The number of imidazole rings is 1. The smallest absolute Gasteiger partial charge is 0.251 e. The van der Waals surface area contributed by atoms with Gasteiger partial charge in [-0.05, 0) is 53.4 Å². The van der Waals surface area contributed by atoms with E-state index < -0.39 is 5.41 Å². The summed E-state index contributed by atoms with van der Waals surface area (Å²) in [6, 6.07) is 23.3. The van der Waals surface area contributed by atoms with Crippen LogP contribution in [0.1, 0.15) is 29.3 Å². The molecule has 1 atom stereocenters. The van der Waals surface area contributed by atoms with Crippen molar-refractivity contribution in [1.29, 1.82) is 0 Å².